The number of aromatic nitrogens is 3. The fraction of sp³-hybridized carbons (Fsp3) is 0.533. The van der Waals surface area contributed by atoms with Gasteiger partial charge in [0.15, 0.2) is 5.96 Å². The SMILES string of the molecule is CN=C(NCc1cnn(C)c1)N(C)Cc1csc(C(C)OC)n1. The minimum atomic E-state index is 0.0297. The Labute approximate surface area is 141 Å². The van der Waals surface area contributed by atoms with Crippen molar-refractivity contribution in [1.29, 1.82) is 0 Å². The van der Waals surface area contributed by atoms with Crippen LogP contribution in [-0.4, -0.2) is 46.8 Å². The molecule has 0 radical (unpaired) electrons. The Bertz CT molecular complexity index is 650. The molecule has 0 saturated carbocycles. The zero-order valence-electron chi connectivity index (χ0n) is 14.3. The van der Waals surface area contributed by atoms with Gasteiger partial charge in [0.2, 0.25) is 0 Å². The van der Waals surface area contributed by atoms with Crippen molar-refractivity contribution in [2.45, 2.75) is 26.1 Å². The number of aliphatic imine (C=N–C) groups is 1. The Morgan fingerprint density at radius 1 is 1.57 bits per heavy atom. The molecule has 2 aromatic heterocycles. The predicted octanol–water partition coefficient (Wildman–Crippen LogP) is 1.79. The molecule has 23 heavy (non-hydrogen) atoms. The summed E-state index contributed by atoms with van der Waals surface area (Å²) in [4.78, 5) is 11.0. The van der Waals surface area contributed by atoms with Crippen LogP contribution in [0.3, 0.4) is 0 Å². The van der Waals surface area contributed by atoms with Crippen LogP contribution in [-0.2, 0) is 24.9 Å². The molecular weight excluding hydrogens is 312 g/mol. The van der Waals surface area contributed by atoms with E-state index in [9.17, 15) is 0 Å². The Morgan fingerprint density at radius 3 is 2.96 bits per heavy atom. The molecule has 0 aliphatic carbocycles. The zero-order valence-corrected chi connectivity index (χ0v) is 15.1. The fourth-order valence-electron chi connectivity index (χ4n) is 2.13. The maximum Gasteiger partial charge on any atom is 0.194 e. The van der Waals surface area contributed by atoms with Gasteiger partial charge in [-0.05, 0) is 6.92 Å². The number of nitrogens with one attached hydrogen (secondary N) is 1. The van der Waals surface area contributed by atoms with E-state index in [0.717, 1.165) is 22.2 Å². The monoisotopic (exact) mass is 336 g/mol. The standard InChI is InChI=1S/C15H24N6OS/c1-11(22-5)14-19-13(10-23-14)9-20(3)15(16-2)17-6-12-7-18-21(4)8-12/h7-8,10-11H,6,9H2,1-5H3,(H,16,17). The van der Waals surface area contributed by atoms with Gasteiger partial charge in [0.25, 0.3) is 0 Å². The van der Waals surface area contributed by atoms with Gasteiger partial charge in [0.05, 0.1) is 18.4 Å². The minimum absolute atomic E-state index is 0.0297. The van der Waals surface area contributed by atoms with Gasteiger partial charge in [-0.3, -0.25) is 9.67 Å². The lowest BCUT2D eigenvalue weighted by Gasteiger charge is -2.21. The number of guanidine groups is 1. The van der Waals surface area contributed by atoms with Crippen molar-refractivity contribution in [3.05, 3.63) is 34.0 Å². The van der Waals surface area contributed by atoms with Gasteiger partial charge in [-0.15, -0.1) is 11.3 Å². The quantitative estimate of drug-likeness (QED) is 0.643. The summed E-state index contributed by atoms with van der Waals surface area (Å²) in [6.07, 6.45) is 3.86. The predicted molar refractivity (Wildman–Crippen MR) is 92.4 cm³/mol. The lowest BCUT2D eigenvalue weighted by atomic mass is 10.3. The molecule has 0 amide bonds. The van der Waals surface area contributed by atoms with Gasteiger partial charge in [-0.25, -0.2) is 4.98 Å². The van der Waals surface area contributed by atoms with Crippen molar-refractivity contribution in [2.75, 3.05) is 21.2 Å². The van der Waals surface area contributed by atoms with Crippen molar-refractivity contribution >= 4 is 17.3 Å². The number of nitrogens with zero attached hydrogens (tertiary/aromatic N) is 5. The van der Waals surface area contributed by atoms with E-state index in [-0.39, 0.29) is 6.10 Å². The number of hydrogen-bond acceptors (Lipinski definition) is 5. The molecule has 1 N–H and O–H groups in total. The number of rotatable bonds is 6. The molecule has 1 unspecified atom stereocenters. The first-order valence-corrected chi connectivity index (χ1v) is 8.27. The van der Waals surface area contributed by atoms with Crippen LogP contribution in [0, 0.1) is 0 Å². The molecule has 2 aromatic rings. The smallest absolute Gasteiger partial charge is 0.194 e. The minimum Gasteiger partial charge on any atom is -0.375 e. The molecule has 0 aliphatic heterocycles. The molecule has 0 fully saturated rings. The molecule has 8 heteroatoms. The summed E-state index contributed by atoms with van der Waals surface area (Å²) in [6, 6.07) is 0. The second kappa shape index (κ2) is 8.07. The highest BCUT2D eigenvalue weighted by Gasteiger charge is 2.12. The first-order chi connectivity index (χ1) is 11.0. The van der Waals surface area contributed by atoms with Crippen LogP contribution in [0.4, 0.5) is 0 Å². The number of hydrogen-bond donors (Lipinski definition) is 1. The highest BCUT2D eigenvalue weighted by molar-refractivity contribution is 7.09. The molecule has 1 atom stereocenters. The third kappa shape index (κ3) is 4.77. The molecule has 126 valence electrons. The number of aryl methyl sites for hydroxylation is 1. The number of ether oxygens (including phenoxy) is 1. The number of methoxy groups -OCH3 is 1. The Hall–Kier alpha value is -1.93. The maximum atomic E-state index is 5.30. The molecule has 2 heterocycles. The zero-order chi connectivity index (χ0) is 16.8. The average molecular weight is 336 g/mol. The molecule has 0 aliphatic rings. The Kier molecular flexibility index (Phi) is 6.12. The Balaban J connectivity index is 1.92. The lowest BCUT2D eigenvalue weighted by Crippen LogP contribution is -2.38. The summed E-state index contributed by atoms with van der Waals surface area (Å²) >= 11 is 1.62. The number of thiazole rings is 1. The highest BCUT2D eigenvalue weighted by atomic mass is 32.1. The van der Waals surface area contributed by atoms with Gasteiger partial charge >= 0.3 is 0 Å². The third-order valence-electron chi connectivity index (χ3n) is 3.45. The van der Waals surface area contributed by atoms with Crippen molar-refractivity contribution in [2.24, 2.45) is 12.0 Å². The average Bonchev–Trinajstić information content (AvgIpc) is 3.16. The summed E-state index contributed by atoms with van der Waals surface area (Å²) in [7, 11) is 7.38. The van der Waals surface area contributed by atoms with E-state index < -0.39 is 0 Å². The summed E-state index contributed by atoms with van der Waals surface area (Å²) in [5, 5.41) is 10.6. The van der Waals surface area contributed by atoms with Gasteiger partial charge < -0.3 is 15.0 Å². The first-order valence-electron chi connectivity index (χ1n) is 7.40. The molecule has 0 aromatic carbocycles. The van der Waals surface area contributed by atoms with E-state index in [2.05, 4.69) is 25.8 Å². The van der Waals surface area contributed by atoms with Crippen LogP contribution in [0.5, 0.6) is 0 Å². The molecule has 0 spiro atoms. The molecular formula is C15H24N6OS. The van der Waals surface area contributed by atoms with Gasteiger partial charge in [-0.1, -0.05) is 0 Å². The molecule has 2 rings (SSSR count). The third-order valence-corrected chi connectivity index (χ3v) is 4.51. The summed E-state index contributed by atoms with van der Waals surface area (Å²) in [5.74, 6) is 0.822. The van der Waals surface area contributed by atoms with Crippen LogP contribution in [0.1, 0.15) is 29.3 Å². The van der Waals surface area contributed by atoms with E-state index in [1.807, 2.05) is 38.3 Å². The van der Waals surface area contributed by atoms with Crippen LogP contribution in [0.15, 0.2) is 22.8 Å². The summed E-state index contributed by atoms with van der Waals surface area (Å²) in [6.45, 7) is 3.38. The second-order valence-electron chi connectivity index (χ2n) is 5.33. The van der Waals surface area contributed by atoms with Gasteiger partial charge in [0, 0.05) is 51.9 Å². The van der Waals surface area contributed by atoms with Crippen molar-refractivity contribution in [3.63, 3.8) is 0 Å². The van der Waals surface area contributed by atoms with E-state index in [4.69, 9.17) is 4.74 Å². The second-order valence-corrected chi connectivity index (χ2v) is 6.22. The Morgan fingerprint density at radius 2 is 2.35 bits per heavy atom. The van der Waals surface area contributed by atoms with Crippen molar-refractivity contribution in [3.8, 4) is 0 Å². The van der Waals surface area contributed by atoms with E-state index in [1.54, 1.807) is 30.2 Å². The van der Waals surface area contributed by atoms with Crippen LogP contribution in [0.2, 0.25) is 0 Å². The van der Waals surface area contributed by atoms with E-state index in [1.165, 1.54) is 0 Å². The summed E-state index contributed by atoms with van der Waals surface area (Å²) in [5.41, 5.74) is 2.13. The van der Waals surface area contributed by atoms with E-state index in [0.29, 0.717) is 13.1 Å². The van der Waals surface area contributed by atoms with Crippen LogP contribution in [0.25, 0.3) is 0 Å². The maximum absolute atomic E-state index is 5.30. The van der Waals surface area contributed by atoms with Gasteiger partial charge in [0.1, 0.15) is 11.1 Å². The normalized spacial score (nSPS) is 13.2. The van der Waals surface area contributed by atoms with E-state index >= 15 is 0 Å². The topological polar surface area (TPSA) is 67.6 Å². The van der Waals surface area contributed by atoms with Crippen LogP contribution < -0.4 is 5.32 Å². The first kappa shape index (κ1) is 17.4. The largest absolute Gasteiger partial charge is 0.375 e. The molecule has 7 nitrogen and oxygen atoms in total. The van der Waals surface area contributed by atoms with Gasteiger partial charge in [-0.2, -0.15) is 5.10 Å². The molecule has 0 bridgehead atoms. The lowest BCUT2D eigenvalue weighted by molar-refractivity contribution is 0.119. The van der Waals surface area contributed by atoms with Crippen LogP contribution >= 0.6 is 11.3 Å². The highest BCUT2D eigenvalue weighted by Crippen LogP contribution is 2.20. The fourth-order valence-corrected chi connectivity index (χ4v) is 2.97. The van der Waals surface area contributed by atoms with Crippen molar-refractivity contribution in [1.82, 2.24) is 25.0 Å². The molecule has 0 saturated heterocycles. The van der Waals surface area contributed by atoms with Crippen molar-refractivity contribution < 1.29 is 4.74 Å². The summed E-state index contributed by atoms with van der Waals surface area (Å²) < 4.78 is 7.09.